The number of nitrogens with zero attached hydrogens (tertiary/aromatic N) is 3. The standard InChI is InChI=1S/C19H19BrN4O3S/c1-12-18-13(10-21-27-18)11-24(19(12)20)22-28(25,26)17-9-5-6-14-15(17)7-4-8-16(14)23(2)3/h4-10,22H,11H2,1-3H3. The molecule has 9 heteroatoms. The van der Waals surface area contributed by atoms with Gasteiger partial charge in [0, 0.05) is 41.7 Å². The molecule has 0 spiro atoms. The minimum absolute atomic E-state index is 0.225. The Morgan fingerprint density at radius 2 is 1.89 bits per heavy atom. The van der Waals surface area contributed by atoms with Crippen molar-refractivity contribution >= 4 is 48.0 Å². The van der Waals surface area contributed by atoms with Gasteiger partial charge in [-0.05, 0) is 35.0 Å². The third-order valence-electron chi connectivity index (χ3n) is 4.72. The van der Waals surface area contributed by atoms with Gasteiger partial charge in [-0.25, -0.2) is 8.42 Å². The predicted molar refractivity (Wildman–Crippen MR) is 112 cm³/mol. The van der Waals surface area contributed by atoms with Crippen molar-refractivity contribution in [3.05, 3.63) is 58.5 Å². The molecule has 0 amide bonds. The zero-order chi connectivity index (χ0) is 20.1. The maximum atomic E-state index is 13.2. The highest BCUT2D eigenvalue weighted by molar-refractivity contribution is 9.11. The Balaban J connectivity index is 1.76. The fourth-order valence-electron chi connectivity index (χ4n) is 3.37. The number of aromatic nitrogens is 1. The predicted octanol–water partition coefficient (Wildman–Crippen LogP) is 3.69. The van der Waals surface area contributed by atoms with E-state index >= 15 is 0 Å². The van der Waals surface area contributed by atoms with Gasteiger partial charge in [0.05, 0.1) is 17.6 Å². The molecule has 1 N–H and O–H groups in total. The molecule has 7 nitrogen and oxygen atoms in total. The number of nitrogens with one attached hydrogen (secondary N) is 1. The molecule has 0 radical (unpaired) electrons. The van der Waals surface area contributed by atoms with E-state index in [1.54, 1.807) is 23.3 Å². The van der Waals surface area contributed by atoms with Gasteiger partial charge < -0.3 is 9.42 Å². The SMILES string of the molecule is CC1=C(Br)N(NS(=O)(=O)c2cccc3c(N(C)C)cccc23)Cc2cnoc21. The zero-order valence-corrected chi connectivity index (χ0v) is 18.0. The lowest BCUT2D eigenvalue weighted by Gasteiger charge is -2.28. The normalized spacial score (nSPS) is 14.5. The van der Waals surface area contributed by atoms with Gasteiger partial charge in [0.2, 0.25) is 0 Å². The molecule has 4 rings (SSSR count). The fraction of sp³-hybridized carbons (Fsp3) is 0.211. The highest BCUT2D eigenvalue weighted by Crippen LogP contribution is 2.35. The lowest BCUT2D eigenvalue weighted by atomic mass is 10.1. The number of rotatable bonds is 4. The first-order valence-corrected chi connectivity index (χ1v) is 10.9. The van der Waals surface area contributed by atoms with Crippen molar-refractivity contribution in [3.63, 3.8) is 0 Å². The molecule has 0 unspecified atom stereocenters. The second-order valence-electron chi connectivity index (χ2n) is 6.80. The van der Waals surface area contributed by atoms with Gasteiger partial charge in [-0.15, -0.1) is 4.83 Å². The second-order valence-corrected chi connectivity index (χ2v) is 9.18. The van der Waals surface area contributed by atoms with Crippen molar-refractivity contribution in [1.82, 2.24) is 15.0 Å². The summed E-state index contributed by atoms with van der Waals surface area (Å²) in [5.41, 5.74) is 2.55. The number of halogens is 1. The van der Waals surface area contributed by atoms with E-state index in [1.807, 2.05) is 50.2 Å². The number of hydrogen-bond donors (Lipinski definition) is 1. The molecule has 0 atom stereocenters. The molecule has 0 fully saturated rings. The van der Waals surface area contributed by atoms with E-state index in [1.165, 1.54) is 0 Å². The van der Waals surface area contributed by atoms with Crippen LogP contribution in [0.15, 0.2) is 56.6 Å². The zero-order valence-electron chi connectivity index (χ0n) is 15.6. The average molecular weight is 463 g/mol. The van der Waals surface area contributed by atoms with Crippen LogP contribution < -0.4 is 9.73 Å². The van der Waals surface area contributed by atoms with Gasteiger partial charge in [0.25, 0.3) is 10.0 Å². The quantitative estimate of drug-likeness (QED) is 0.595. The summed E-state index contributed by atoms with van der Waals surface area (Å²) >= 11 is 3.46. The van der Waals surface area contributed by atoms with Crippen molar-refractivity contribution < 1.29 is 12.9 Å². The first-order valence-electron chi connectivity index (χ1n) is 8.59. The summed E-state index contributed by atoms with van der Waals surface area (Å²) in [7, 11) is 0.0387. The summed E-state index contributed by atoms with van der Waals surface area (Å²) in [6, 6.07) is 10.9. The molecule has 0 saturated carbocycles. The lowest BCUT2D eigenvalue weighted by Crippen LogP contribution is -2.41. The number of hydrazine groups is 1. The minimum Gasteiger partial charge on any atom is -0.377 e. The van der Waals surface area contributed by atoms with Crippen LogP contribution in [0.5, 0.6) is 0 Å². The molecule has 28 heavy (non-hydrogen) atoms. The van der Waals surface area contributed by atoms with Crippen LogP contribution in [0.25, 0.3) is 16.3 Å². The molecule has 2 aromatic carbocycles. The third kappa shape index (κ3) is 3.09. The van der Waals surface area contributed by atoms with Gasteiger partial charge in [0.15, 0.2) is 5.76 Å². The molecule has 2 heterocycles. The van der Waals surface area contributed by atoms with E-state index in [0.29, 0.717) is 22.3 Å². The van der Waals surface area contributed by atoms with Crippen molar-refractivity contribution in [1.29, 1.82) is 0 Å². The van der Waals surface area contributed by atoms with Crippen LogP contribution in [0, 0.1) is 0 Å². The smallest absolute Gasteiger partial charge is 0.258 e. The molecule has 3 aromatic rings. The van der Waals surface area contributed by atoms with Gasteiger partial charge in [-0.1, -0.05) is 29.4 Å². The van der Waals surface area contributed by atoms with Crippen LogP contribution in [0.1, 0.15) is 18.2 Å². The van der Waals surface area contributed by atoms with Crippen LogP contribution >= 0.6 is 15.9 Å². The largest absolute Gasteiger partial charge is 0.377 e. The summed E-state index contributed by atoms with van der Waals surface area (Å²) in [6.45, 7) is 2.15. The maximum absolute atomic E-state index is 13.2. The first-order chi connectivity index (χ1) is 13.3. The Morgan fingerprint density at radius 1 is 1.18 bits per heavy atom. The average Bonchev–Trinajstić information content (AvgIpc) is 3.13. The maximum Gasteiger partial charge on any atom is 0.258 e. The molecule has 0 bridgehead atoms. The number of fused-ring (bicyclic) bond motifs is 2. The van der Waals surface area contributed by atoms with Crippen LogP contribution in [-0.4, -0.2) is 32.7 Å². The third-order valence-corrected chi connectivity index (χ3v) is 7.14. The van der Waals surface area contributed by atoms with Crippen molar-refractivity contribution in [2.75, 3.05) is 19.0 Å². The molecule has 0 aliphatic carbocycles. The number of allylic oxidation sites excluding steroid dienone is 1. The number of sulfonamides is 1. The van der Waals surface area contributed by atoms with Gasteiger partial charge in [-0.3, -0.25) is 5.01 Å². The van der Waals surface area contributed by atoms with Gasteiger partial charge in [-0.2, -0.15) is 0 Å². The van der Waals surface area contributed by atoms with Gasteiger partial charge in [0.1, 0.15) is 4.61 Å². The first kappa shape index (κ1) is 19.0. The minimum atomic E-state index is -3.83. The fourth-order valence-corrected chi connectivity index (χ4v) is 5.15. The molecular weight excluding hydrogens is 444 g/mol. The van der Waals surface area contributed by atoms with Crippen molar-refractivity contribution in [2.45, 2.75) is 18.4 Å². The summed E-state index contributed by atoms with van der Waals surface area (Å²) < 4.78 is 32.3. The highest BCUT2D eigenvalue weighted by atomic mass is 79.9. The Kier molecular flexibility index (Phi) is 4.68. The van der Waals surface area contributed by atoms with E-state index in [0.717, 1.165) is 22.2 Å². The molecule has 0 saturated heterocycles. The Labute approximate surface area is 171 Å². The van der Waals surface area contributed by atoms with Crippen molar-refractivity contribution in [2.24, 2.45) is 0 Å². The van der Waals surface area contributed by atoms with Crippen LogP contribution in [0.2, 0.25) is 0 Å². The second kappa shape index (κ2) is 6.91. The molecule has 1 aliphatic rings. The topological polar surface area (TPSA) is 78.7 Å². The van der Waals surface area contributed by atoms with Crippen LogP contribution in [0.3, 0.4) is 0 Å². The van der Waals surface area contributed by atoms with E-state index in [2.05, 4.69) is 25.9 Å². The van der Waals surface area contributed by atoms with E-state index in [4.69, 9.17) is 4.52 Å². The van der Waals surface area contributed by atoms with Crippen LogP contribution in [0.4, 0.5) is 5.69 Å². The van der Waals surface area contributed by atoms with Crippen molar-refractivity contribution in [3.8, 4) is 0 Å². The Hall–Kier alpha value is -2.36. The van der Waals surface area contributed by atoms with E-state index in [-0.39, 0.29) is 4.90 Å². The lowest BCUT2D eigenvalue weighted by molar-refractivity contribution is 0.312. The Morgan fingerprint density at radius 3 is 2.64 bits per heavy atom. The molecule has 1 aliphatic heterocycles. The number of hydrogen-bond acceptors (Lipinski definition) is 6. The number of anilines is 1. The van der Waals surface area contributed by atoms with E-state index in [9.17, 15) is 8.42 Å². The summed E-state index contributed by atoms with van der Waals surface area (Å²) in [5.74, 6) is 0.656. The monoisotopic (exact) mass is 462 g/mol. The highest BCUT2D eigenvalue weighted by Gasteiger charge is 2.29. The molecule has 146 valence electrons. The summed E-state index contributed by atoms with van der Waals surface area (Å²) in [4.78, 5) is 4.87. The summed E-state index contributed by atoms with van der Waals surface area (Å²) in [6.07, 6.45) is 1.60. The van der Waals surface area contributed by atoms with E-state index < -0.39 is 10.0 Å². The Bertz CT molecular complexity index is 1200. The molecular formula is C19H19BrN4O3S. The van der Waals surface area contributed by atoms with Crippen LogP contribution in [-0.2, 0) is 16.6 Å². The molecule has 1 aromatic heterocycles. The van der Waals surface area contributed by atoms with Gasteiger partial charge >= 0.3 is 0 Å². The summed E-state index contributed by atoms with van der Waals surface area (Å²) in [5, 5.41) is 6.89. The number of benzene rings is 2.